The monoisotopic (exact) mass is 131 g/mol. The number of nitrogens with one attached hydrogen (secondary N) is 1. The van der Waals surface area contributed by atoms with Crippen LogP contribution in [0.15, 0.2) is 26.3 Å². The van der Waals surface area contributed by atoms with Crippen LogP contribution in [0, 0.1) is 0 Å². The molecule has 0 aromatic heterocycles. The number of nitrogens with two attached hydrogens (primary N) is 2. The van der Waals surface area contributed by atoms with Crippen molar-refractivity contribution in [2.45, 2.75) is 0 Å². The topological polar surface area (TPSA) is 81.1 Å². The fourth-order valence-electron chi connectivity index (χ4n) is 0. The maximum absolute atomic E-state index is 9.35. The summed E-state index contributed by atoms with van der Waals surface area (Å²) in [7, 11) is 0. The summed E-state index contributed by atoms with van der Waals surface area (Å²) in [4.78, 5) is 9.35. The molecule has 0 aliphatic carbocycles. The van der Waals surface area contributed by atoms with Gasteiger partial charge in [0.25, 0.3) is 0 Å². The highest BCUT2D eigenvalue weighted by molar-refractivity contribution is 5.70. The van der Waals surface area contributed by atoms with E-state index in [0.29, 0.717) is 0 Å². The van der Waals surface area contributed by atoms with E-state index in [1.54, 1.807) is 5.43 Å². The Labute approximate surface area is 55.2 Å². The van der Waals surface area contributed by atoms with Crippen molar-refractivity contribution >= 4 is 6.03 Å². The van der Waals surface area contributed by atoms with Gasteiger partial charge in [-0.3, -0.25) is 5.43 Å². The maximum Gasteiger partial charge on any atom is 0.326 e. The van der Waals surface area contributed by atoms with E-state index in [1.165, 1.54) is 0 Å². The predicted molar refractivity (Wildman–Crippen MR) is 39.4 cm³/mol. The van der Waals surface area contributed by atoms with Crippen LogP contribution in [-0.4, -0.2) is 6.03 Å². The Hall–Kier alpha value is -1.29. The molecule has 4 nitrogen and oxygen atoms in total. The van der Waals surface area contributed by atoms with Gasteiger partial charge in [-0.25, -0.2) is 10.6 Å². The normalized spacial score (nSPS) is 4.56. The molecule has 0 spiro atoms. The molecule has 0 aliphatic heterocycles. The molecule has 0 heterocycles. The Kier molecular flexibility index (Phi) is 51.8. The Morgan fingerprint density at radius 3 is 1.33 bits per heavy atom. The fraction of sp³-hybridized carbons (Fsp3) is 0. The van der Waals surface area contributed by atoms with Crippen LogP contribution in [0.4, 0.5) is 4.79 Å². The lowest BCUT2D eigenvalue weighted by molar-refractivity contribution is 0.249. The van der Waals surface area contributed by atoms with Crippen molar-refractivity contribution in [3.63, 3.8) is 0 Å². The molecule has 5 N–H and O–H groups in total. The SMILES string of the molecule is C=C.C=C.NNC(N)=O. The standard InChI is InChI=1S/2C2H4.CH5N3O/c2*1-2;2-1(5)4-3/h2*1-2H2;3H2,(H3,2,4,5). The lowest BCUT2D eigenvalue weighted by Gasteiger charge is -1.81. The lowest BCUT2D eigenvalue weighted by atomic mass is 11.2. The van der Waals surface area contributed by atoms with E-state index in [-0.39, 0.29) is 0 Å². The molecular formula is C5H13N3O. The molecule has 0 bridgehead atoms. The molecule has 0 atom stereocenters. The van der Waals surface area contributed by atoms with E-state index in [0.717, 1.165) is 0 Å². The molecule has 0 saturated heterocycles. The molecule has 0 aromatic rings. The van der Waals surface area contributed by atoms with Crippen molar-refractivity contribution in [1.82, 2.24) is 5.43 Å². The number of carbonyl (C=O) groups excluding carboxylic acids is 1. The number of primary amides is 1. The number of urea groups is 1. The first-order valence-corrected chi connectivity index (χ1v) is 2.03. The Morgan fingerprint density at radius 2 is 1.33 bits per heavy atom. The second-order valence-corrected chi connectivity index (χ2v) is 0.509. The van der Waals surface area contributed by atoms with Crippen LogP contribution in [0.1, 0.15) is 0 Å². The third-order valence-electron chi connectivity index (χ3n) is 0.142. The largest absolute Gasteiger partial charge is 0.351 e. The zero-order chi connectivity index (χ0) is 8.28. The van der Waals surface area contributed by atoms with E-state index in [1.807, 2.05) is 0 Å². The van der Waals surface area contributed by atoms with Gasteiger partial charge in [0.1, 0.15) is 0 Å². The molecule has 4 heteroatoms. The molecule has 0 aromatic carbocycles. The molecule has 0 radical (unpaired) electrons. The predicted octanol–water partition coefficient (Wildman–Crippen LogP) is 0.133. The third kappa shape index (κ3) is 295. The Bertz CT molecular complexity index is 63.2. The van der Waals surface area contributed by atoms with Gasteiger partial charge in [0.05, 0.1) is 0 Å². The van der Waals surface area contributed by atoms with Crippen LogP contribution in [-0.2, 0) is 0 Å². The second kappa shape index (κ2) is 29.8. The van der Waals surface area contributed by atoms with Gasteiger partial charge >= 0.3 is 6.03 Å². The minimum Gasteiger partial charge on any atom is -0.351 e. The van der Waals surface area contributed by atoms with Crippen LogP contribution < -0.4 is 17.0 Å². The highest BCUT2D eigenvalue weighted by atomic mass is 16.2. The number of hydrazine groups is 1. The average molecular weight is 131 g/mol. The van der Waals surface area contributed by atoms with Crippen LogP contribution >= 0.6 is 0 Å². The van der Waals surface area contributed by atoms with Crippen molar-refractivity contribution < 1.29 is 4.79 Å². The lowest BCUT2D eigenvalue weighted by Crippen LogP contribution is -2.34. The van der Waals surface area contributed by atoms with E-state index in [2.05, 4.69) is 37.9 Å². The molecular weight excluding hydrogens is 118 g/mol. The van der Waals surface area contributed by atoms with Crippen LogP contribution in [0.5, 0.6) is 0 Å². The van der Waals surface area contributed by atoms with Crippen molar-refractivity contribution in [1.29, 1.82) is 0 Å². The van der Waals surface area contributed by atoms with Crippen molar-refractivity contribution in [3.05, 3.63) is 26.3 Å². The van der Waals surface area contributed by atoms with Crippen LogP contribution in [0.25, 0.3) is 0 Å². The van der Waals surface area contributed by atoms with Gasteiger partial charge in [-0.1, -0.05) is 0 Å². The van der Waals surface area contributed by atoms with Gasteiger partial charge < -0.3 is 5.73 Å². The summed E-state index contributed by atoms with van der Waals surface area (Å²) < 4.78 is 0. The highest BCUT2D eigenvalue weighted by Gasteiger charge is 1.73. The molecule has 9 heavy (non-hydrogen) atoms. The van der Waals surface area contributed by atoms with Gasteiger partial charge in [-0.15, -0.1) is 26.3 Å². The summed E-state index contributed by atoms with van der Waals surface area (Å²) in [6, 6.07) is -0.718. The zero-order valence-corrected chi connectivity index (χ0v) is 5.39. The average Bonchev–Trinajstić information content (AvgIpc) is 1.97. The van der Waals surface area contributed by atoms with E-state index in [9.17, 15) is 4.79 Å². The molecule has 0 fully saturated rings. The first-order chi connectivity index (χ1) is 4.27. The van der Waals surface area contributed by atoms with Crippen molar-refractivity contribution in [2.75, 3.05) is 0 Å². The van der Waals surface area contributed by atoms with E-state index >= 15 is 0 Å². The maximum atomic E-state index is 9.35. The third-order valence-corrected chi connectivity index (χ3v) is 0.142. The van der Waals surface area contributed by atoms with Crippen LogP contribution in [0.2, 0.25) is 0 Å². The number of rotatable bonds is 0. The number of amides is 2. The first kappa shape index (κ1) is 15.6. The molecule has 0 rings (SSSR count). The molecule has 0 aliphatic rings. The summed E-state index contributed by atoms with van der Waals surface area (Å²) in [5.41, 5.74) is 6.08. The van der Waals surface area contributed by atoms with Gasteiger partial charge in [-0.05, 0) is 0 Å². The molecule has 54 valence electrons. The highest BCUT2D eigenvalue weighted by Crippen LogP contribution is 1.34. The minimum absolute atomic E-state index is 0.718. The summed E-state index contributed by atoms with van der Waals surface area (Å²) in [6.07, 6.45) is 0. The van der Waals surface area contributed by atoms with E-state index in [4.69, 9.17) is 0 Å². The zero-order valence-electron chi connectivity index (χ0n) is 5.39. The minimum atomic E-state index is -0.718. The quantitative estimate of drug-likeness (QED) is 0.189. The van der Waals surface area contributed by atoms with Gasteiger partial charge in [-0.2, -0.15) is 0 Å². The van der Waals surface area contributed by atoms with Crippen molar-refractivity contribution in [3.8, 4) is 0 Å². The summed E-state index contributed by atoms with van der Waals surface area (Å²) in [5, 5.41) is 0. The van der Waals surface area contributed by atoms with E-state index < -0.39 is 6.03 Å². The van der Waals surface area contributed by atoms with Crippen LogP contribution in [0.3, 0.4) is 0 Å². The number of hydrogen-bond acceptors (Lipinski definition) is 2. The Morgan fingerprint density at radius 1 is 1.22 bits per heavy atom. The number of carbonyl (C=O) groups is 1. The fourth-order valence-corrected chi connectivity index (χ4v) is 0. The number of hydrogen-bond donors (Lipinski definition) is 3. The molecule has 0 unspecified atom stereocenters. The second-order valence-electron chi connectivity index (χ2n) is 0.509. The van der Waals surface area contributed by atoms with Gasteiger partial charge in [0.2, 0.25) is 0 Å². The van der Waals surface area contributed by atoms with Gasteiger partial charge in [0.15, 0.2) is 0 Å². The summed E-state index contributed by atoms with van der Waals surface area (Å²) >= 11 is 0. The molecule has 2 amide bonds. The van der Waals surface area contributed by atoms with Crippen molar-refractivity contribution in [2.24, 2.45) is 11.6 Å². The smallest absolute Gasteiger partial charge is 0.326 e. The summed E-state index contributed by atoms with van der Waals surface area (Å²) in [5.74, 6) is 4.45. The Balaban J connectivity index is -0.0000000771. The molecule has 0 saturated carbocycles. The summed E-state index contributed by atoms with van der Waals surface area (Å²) in [6.45, 7) is 12.0. The van der Waals surface area contributed by atoms with Gasteiger partial charge in [0, 0.05) is 0 Å². The first-order valence-electron chi connectivity index (χ1n) is 2.03.